The van der Waals surface area contributed by atoms with Gasteiger partial charge in [0.1, 0.15) is 11.9 Å². The molecule has 0 spiro atoms. The fourth-order valence-corrected chi connectivity index (χ4v) is 2.64. The van der Waals surface area contributed by atoms with Crippen LogP contribution in [0.5, 0.6) is 0 Å². The molecule has 1 fully saturated rings. The first-order valence-electron chi connectivity index (χ1n) is 6.67. The molecule has 0 aliphatic heterocycles. The van der Waals surface area contributed by atoms with Crippen LogP contribution >= 0.6 is 0 Å². The van der Waals surface area contributed by atoms with Gasteiger partial charge in [0, 0.05) is 0 Å². The van der Waals surface area contributed by atoms with E-state index in [1.807, 2.05) is 28.8 Å². The molecule has 1 unspecified atom stereocenters. The lowest BCUT2D eigenvalue weighted by molar-refractivity contribution is -0.145. The third kappa shape index (κ3) is 2.03. The van der Waals surface area contributed by atoms with Crippen molar-refractivity contribution in [2.45, 2.75) is 25.3 Å². The zero-order valence-electron chi connectivity index (χ0n) is 11.2. The lowest BCUT2D eigenvalue weighted by Gasteiger charge is -2.18. The summed E-state index contributed by atoms with van der Waals surface area (Å²) in [4.78, 5) is 16.6. The highest BCUT2D eigenvalue weighted by Crippen LogP contribution is 2.42. The number of rotatable bonds is 4. The third-order valence-electron chi connectivity index (χ3n) is 3.70. The van der Waals surface area contributed by atoms with Gasteiger partial charge in [0.2, 0.25) is 0 Å². The minimum absolute atomic E-state index is 0.189. The second kappa shape index (κ2) is 4.97. The van der Waals surface area contributed by atoms with Crippen molar-refractivity contribution in [2.24, 2.45) is 5.92 Å². The number of para-hydroxylation sites is 2. The number of nitrogens with zero attached hydrogens (tertiary/aromatic N) is 3. The molecular weight excluding hydrogens is 254 g/mol. The van der Waals surface area contributed by atoms with Gasteiger partial charge in [-0.3, -0.25) is 0 Å². The van der Waals surface area contributed by atoms with E-state index in [0.29, 0.717) is 5.82 Å². The summed E-state index contributed by atoms with van der Waals surface area (Å²) < 4.78 is 6.84. The summed E-state index contributed by atoms with van der Waals surface area (Å²) >= 11 is 0. The van der Waals surface area contributed by atoms with Crippen LogP contribution in [0, 0.1) is 17.2 Å². The summed E-state index contributed by atoms with van der Waals surface area (Å²) in [6, 6.07) is 9.40. The van der Waals surface area contributed by atoms with Crippen molar-refractivity contribution >= 4 is 17.0 Å². The second-order valence-electron chi connectivity index (χ2n) is 5.03. The van der Waals surface area contributed by atoms with E-state index < -0.39 is 0 Å². The summed E-state index contributed by atoms with van der Waals surface area (Å²) in [6.07, 6.45) is 2.21. The third-order valence-corrected chi connectivity index (χ3v) is 3.70. The second-order valence-corrected chi connectivity index (χ2v) is 5.03. The summed E-state index contributed by atoms with van der Waals surface area (Å²) in [5.74, 6) is 0.670. The average Bonchev–Trinajstić information content (AvgIpc) is 3.23. The lowest BCUT2D eigenvalue weighted by atomic mass is 10.1. The van der Waals surface area contributed by atoms with Gasteiger partial charge in [0.15, 0.2) is 0 Å². The number of ether oxygens (including phenoxy) is 1. The zero-order chi connectivity index (χ0) is 14.1. The molecule has 0 radical (unpaired) electrons. The molecule has 2 aromatic rings. The van der Waals surface area contributed by atoms with Gasteiger partial charge in [-0.1, -0.05) is 12.1 Å². The fourth-order valence-electron chi connectivity index (χ4n) is 2.64. The van der Waals surface area contributed by atoms with Crippen LogP contribution in [0.15, 0.2) is 24.3 Å². The Morgan fingerprint density at radius 3 is 2.95 bits per heavy atom. The summed E-state index contributed by atoms with van der Waals surface area (Å²) in [7, 11) is 1.40. The Kier molecular flexibility index (Phi) is 3.15. The molecular formula is C15H15N3O2. The minimum atomic E-state index is -0.365. The van der Waals surface area contributed by atoms with Gasteiger partial charge in [-0.15, -0.1) is 0 Å². The van der Waals surface area contributed by atoms with Gasteiger partial charge in [-0.05, 0) is 30.9 Å². The van der Waals surface area contributed by atoms with Crippen molar-refractivity contribution in [1.29, 1.82) is 5.26 Å². The van der Waals surface area contributed by atoms with Crippen LogP contribution in [-0.4, -0.2) is 22.6 Å². The van der Waals surface area contributed by atoms with Gasteiger partial charge >= 0.3 is 5.97 Å². The Labute approximate surface area is 116 Å². The number of methoxy groups -OCH3 is 1. The van der Waals surface area contributed by atoms with Gasteiger partial charge in [-0.25, -0.2) is 9.78 Å². The van der Waals surface area contributed by atoms with Gasteiger partial charge < -0.3 is 9.30 Å². The average molecular weight is 269 g/mol. The van der Waals surface area contributed by atoms with Crippen LogP contribution in [-0.2, 0) is 16.0 Å². The maximum Gasteiger partial charge on any atom is 0.329 e. The number of carbonyl (C=O) groups excluding carboxylic acids is 1. The Balaban J connectivity index is 2.18. The number of esters is 1. The summed E-state index contributed by atoms with van der Waals surface area (Å²) in [5, 5.41) is 8.98. The molecule has 5 nitrogen and oxygen atoms in total. The molecule has 1 atom stereocenters. The molecule has 20 heavy (non-hydrogen) atoms. The molecule has 0 bridgehead atoms. The molecule has 102 valence electrons. The molecule has 0 N–H and O–H groups in total. The molecule has 0 amide bonds. The van der Waals surface area contributed by atoms with E-state index in [-0.39, 0.29) is 24.3 Å². The van der Waals surface area contributed by atoms with E-state index in [4.69, 9.17) is 10.00 Å². The SMILES string of the molecule is COC(=O)C(C1CC1)n1c(CC#N)nc2ccccc21. The van der Waals surface area contributed by atoms with Crippen molar-refractivity contribution in [1.82, 2.24) is 9.55 Å². The number of benzene rings is 1. The minimum Gasteiger partial charge on any atom is -0.467 e. The standard InChI is InChI=1S/C15H15N3O2/c1-20-15(19)14(10-6-7-10)18-12-5-3-2-4-11(12)17-13(18)8-9-16/h2-5,10,14H,6-8H2,1H3. The van der Waals surface area contributed by atoms with E-state index >= 15 is 0 Å². The number of nitriles is 1. The van der Waals surface area contributed by atoms with Crippen molar-refractivity contribution in [3.05, 3.63) is 30.1 Å². The van der Waals surface area contributed by atoms with Crippen LogP contribution in [0.3, 0.4) is 0 Å². The Morgan fingerprint density at radius 2 is 2.30 bits per heavy atom. The predicted molar refractivity (Wildman–Crippen MR) is 72.8 cm³/mol. The molecule has 0 saturated heterocycles. The normalized spacial score (nSPS) is 15.8. The largest absolute Gasteiger partial charge is 0.467 e. The lowest BCUT2D eigenvalue weighted by Crippen LogP contribution is -2.24. The van der Waals surface area contributed by atoms with E-state index in [1.165, 1.54) is 7.11 Å². The van der Waals surface area contributed by atoms with E-state index in [1.54, 1.807) is 0 Å². The summed E-state index contributed by atoms with van der Waals surface area (Å²) in [6.45, 7) is 0. The first-order chi connectivity index (χ1) is 9.76. The molecule has 3 rings (SSSR count). The summed E-state index contributed by atoms with van der Waals surface area (Å²) in [5.41, 5.74) is 1.70. The Bertz CT molecular complexity index is 695. The highest BCUT2D eigenvalue weighted by molar-refractivity contribution is 5.81. The van der Waals surface area contributed by atoms with Gasteiger partial charge in [0.25, 0.3) is 0 Å². The first kappa shape index (κ1) is 12.7. The zero-order valence-corrected chi connectivity index (χ0v) is 11.2. The molecule has 1 aromatic heterocycles. The maximum atomic E-state index is 12.1. The van der Waals surface area contributed by atoms with Gasteiger partial charge in [-0.2, -0.15) is 5.26 Å². The van der Waals surface area contributed by atoms with Crippen LogP contribution in [0.2, 0.25) is 0 Å². The number of carbonyl (C=O) groups is 1. The molecule has 1 heterocycles. The fraction of sp³-hybridized carbons (Fsp3) is 0.400. The quantitative estimate of drug-likeness (QED) is 0.798. The van der Waals surface area contributed by atoms with Crippen molar-refractivity contribution < 1.29 is 9.53 Å². The van der Waals surface area contributed by atoms with Crippen LogP contribution in [0.1, 0.15) is 24.7 Å². The van der Waals surface area contributed by atoms with Crippen molar-refractivity contribution in [3.63, 3.8) is 0 Å². The molecule has 1 aliphatic carbocycles. The number of fused-ring (bicyclic) bond motifs is 1. The monoisotopic (exact) mass is 269 g/mol. The predicted octanol–water partition coefficient (Wildman–Crippen LogP) is 2.23. The topological polar surface area (TPSA) is 67.9 Å². The molecule has 1 aromatic carbocycles. The molecule has 1 saturated carbocycles. The van der Waals surface area contributed by atoms with Gasteiger partial charge in [0.05, 0.1) is 30.6 Å². The molecule has 1 aliphatic rings. The van der Waals surface area contributed by atoms with Crippen LogP contribution < -0.4 is 0 Å². The number of aromatic nitrogens is 2. The van der Waals surface area contributed by atoms with Crippen molar-refractivity contribution in [3.8, 4) is 6.07 Å². The van der Waals surface area contributed by atoms with Crippen LogP contribution in [0.25, 0.3) is 11.0 Å². The Morgan fingerprint density at radius 1 is 1.55 bits per heavy atom. The van der Waals surface area contributed by atoms with E-state index in [0.717, 1.165) is 23.9 Å². The highest BCUT2D eigenvalue weighted by Gasteiger charge is 2.40. The number of imidazole rings is 1. The smallest absolute Gasteiger partial charge is 0.329 e. The maximum absolute atomic E-state index is 12.1. The Hall–Kier alpha value is -2.35. The highest BCUT2D eigenvalue weighted by atomic mass is 16.5. The van der Waals surface area contributed by atoms with Crippen molar-refractivity contribution in [2.75, 3.05) is 7.11 Å². The number of hydrogen-bond donors (Lipinski definition) is 0. The molecule has 5 heteroatoms. The van der Waals surface area contributed by atoms with E-state index in [9.17, 15) is 4.79 Å². The number of hydrogen-bond acceptors (Lipinski definition) is 4. The van der Waals surface area contributed by atoms with E-state index in [2.05, 4.69) is 11.1 Å². The van der Waals surface area contributed by atoms with Crippen LogP contribution in [0.4, 0.5) is 0 Å². The first-order valence-corrected chi connectivity index (χ1v) is 6.67.